The van der Waals surface area contributed by atoms with Crippen molar-refractivity contribution in [2.75, 3.05) is 5.32 Å². The van der Waals surface area contributed by atoms with Gasteiger partial charge in [0, 0.05) is 22.5 Å². The predicted octanol–water partition coefficient (Wildman–Crippen LogP) is 4.75. The third-order valence-corrected chi connectivity index (χ3v) is 5.09. The summed E-state index contributed by atoms with van der Waals surface area (Å²) in [7, 11) is 1.77. The molecule has 0 aliphatic rings. The monoisotopic (exact) mass is 351 g/mol. The summed E-state index contributed by atoms with van der Waals surface area (Å²) < 4.78 is 1.59. The van der Waals surface area contributed by atoms with E-state index in [9.17, 15) is 4.79 Å². The minimum absolute atomic E-state index is 0.155. The molecule has 1 amide bonds. The highest BCUT2D eigenvalue weighted by Gasteiger charge is 2.12. The van der Waals surface area contributed by atoms with Crippen molar-refractivity contribution in [1.29, 1.82) is 0 Å². The number of hydrogen-bond donors (Lipinski definition) is 1. The van der Waals surface area contributed by atoms with Gasteiger partial charge in [-0.1, -0.05) is 29.5 Å². The van der Waals surface area contributed by atoms with E-state index in [1.54, 1.807) is 29.6 Å². The van der Waals surface area contributed by atoms with Crippen molar-refractivity contribution >= 4 is 23.4 Å². The van der Waals surface area contributed by atoms with E-state index in [1.807, 2.05) is 31.2 Å². The van der Waals surface area contributed by atoms with Crippen molar-refractivity contribution in [2.24, 2.45) is 7.05 Å². The summed E-state index contributed by atoms with van der Waals surface area (Å²) in [6, 6.07) is 16.1. The summed E-state index contributed by atoms with van der Waals surface area (Å²) in [5, 5.41) is 7.11. The number of amides is 1. The Hall–Kier alpha value is -2.53. The molecule has 5 heteroatoms. The predicted molar refractivity (Wildman–Crippen MR) is 102 cm³/mol. The molecule has 1 aromatic heterocycles. The SMILES string of the molecule is Cc1ccc(Sc2ccc(NC(=O)c3cc(C)nn3C)cc2)c(C)c1. The second-order valence-electron chi connectivity index (χ2n) is 6.14. The first-order valence-electron chi connectivity index (χ1n) is 8.09. The Balaban J connectivity index is 1.70. The van der Waals surface area contributed by atoms with Crippen LogP contribution >= 0.6 is 11.8 Å². The van der Waals surface area contributed by atoms with E-state index in [-0.39, 0.29) is 5.91 Å². The smallest absolute Gasteiger partial charge is 0.273 e. The summed E-state index contributed by atoms with van der Waals surface area (Å²) in [6.07, 6.45) is 0. The van der Waals surface area contributed by atoms with Crippen molar-refractivity contribution in [3.8, 4) is 0 Å². The lowest BCUT2D eigenvalue weighted by atomic mass is 10.2. The molecule has 2 aromatic carbocycles. The number of benzene rings is 2. The molecule has 0 spiro atoms. The quantitative estimate of drug-likeness (QED) is 0.738. The van der Waals surface area contributed by atoms with Gasteiger partial charge in [-0.05, 0) is 62.7 Å². The molecule has 0 radical (unpaired) electrons. The fourth-order valence-corrected chi connectivity index (χ4v) is 3.55. The van der Waals surface area contributed by atoms with Gasteiger partial charge in [-0.3, -0.25) is 9.48 Å². The number of anilines is 1. The number of carbonyl (C=O) groups is 1. The Morgan fingerprint density at radius 2 is 1.76 bits per heavy atom. The molecular weight excluding hydrogens is 330 g/mol. The molecule has 0 saturated carbocycles. The number of nitrogens with one attached hydrogen (secondary N) is 1. The summed E-state index contributed by atoms with van der Waals surface area (Å²) in [4.78, 5) is 14.7. The molecule has 3 aromatic rings. The molecule has 0 bridgehead atoms. The first-order valence-corrected chi connectivity index (χ1v) is 8.91. The van der Waals surface area contributed by atoms with Gasteiger partial charge in [0.2, 0.25) is 0 Å². The first-order chi connectivity index (χ1) is 11.9. The molecule has 0 aliphatic heterocycles. The van der Waals surface area contributed by atoms with Gasteiger partial charge in [0.1, 0.15) is 5.69 Å². The second kappa shape index (κ2) is 7.15. The summed E-state index contributed by atoms with van der Waals surface area (Å²) in [5.74, 6) is -0.155. The number of aromatic nitrogens is 2. The highest BCUT2D eigenvalue weighted by molar-refractivity contribution is 7.99. The van der Waals surface area contributed by atoms with Crippen LogP contribution in [0.4, 0.5) is 5.69 Å². The van der Waals surface area contributed by atoms with Crippen molar-refractivity contribution in [3.63, 3.8) is 0 Å². The van der Waals surface area contributed by atoms with Crippen LogP contribution in [0.3, 0.4) is 0 Å². The molecule has 0 saturated heterocycles. The number of carbonyl (C=O) groups excluding carboxylic acids is 1. The molecule has 0 atom stereocenters. The minimum Gasteiger partial charge on any atom is -0.321 e. The van der Waals surface area contributed by atoms with Crippen LogP contribution in [0.5, 0.6) is 0 Å². The van der Waals surface area contributed by atoms with Crippen LogP contribution < -0.4 is 5.32 Å². The van der Waals surface area contributed by atoms with Gasteiger partial charge in [0.25, 0.3) is 5.91 Å². The Bertz CT molecular complexity index is 913. The molecule has 3 rings (SSSR count). The molecular formula is C20H21N3OS. The van der Waals surface area contributed by atoms with Crippen LogP contribution in [0, 0.1) is 20.8 Å². The molecule has 4 nitrogen and oxygen atoms in total. The van der Waals surface area contributed by atoms with Gasteiger partial charge in [0.05, 0.1) is 5.69 Å². The topological polar surface area (TPSA) is 46.9 Å². The van der Waals surface area contributed by atoms with Gasteiger partial charge in [0.15, 0.2) is 0 Å². The van der Waals surface area contributed by atoms with E-state index in [4.69, 9.17) is 0 Å². The van der Waals surface area contributed by atoms with Crippen LogP contribution in [0.25, 0.3) is 0 Å². The third-order valence-electron chi connectivity index (χ3n) is 3.91. The highest BCUT2D eigenvalue weighted by atomic mass is 32.2. The first kappa shape index (κ1) is 17.3. The minimum atomic E-state index is -0.155. The Labute approximate surface area is 152 Å². The van der Waals surface area contributed by atoms with Crippen LogP contribution in [-0.2, 0) is 7.05 Å². The zero-order chi connectivity index (χ0) is 18.0. The average molecular weight is 351 g/mol. The zero-order valence-corrected chi connectivity index (χ0v) is 15.6. The Morgan fingerprint density at radius 3 is 2.36 bits per heavy atom. The van der Waals surface area contributed by atoms with Gasteiger partial charge in [-0.25, -0.2) is 0 Å². The molecule has 25 heavy (non-hydrogen) atoms. The number of aryl methyl sites for hydroxylation is 4. The van der Waals surface area contributed by atoms with Crippen molar-refractivity contribution in [2.45, 2.75) is 30.6 Å². The lowest BCUT2D eigenvalue weighted by Crippen LogP contribution is -2.15. The maximum Gasteiger partial charge on any atom is 0.273 e. The molecule has 0 unspecified atom stereocenters. The maximum absolute atomic E-state index is 12.3. The average Bonchev–Trinajstić information content (AvgIpc) is 2.90. The Morgan fingerprint density at radius 1 is 1.04 bits per heavy atom. The van der Waals surface area contributed by atoms with E-state index in [2.05, 4.69) is 42.5 Å². The molecule has 0 aliphatic carbocycles. The molecule has 1 N–H and O–H groups in total. The van der Waals surface area contributed by atoms with E-state index in [0.717, 1.165) is 16.3 Å². The Kier molecular flexibility index (Phi) is 4.95. The van der Waals surface area contributed by atoms with Gasteiger partial charge in [-0.15, -0.1) is 0 Å². The lowest BCUT2D eigenvalue weighted by Gasteiger charge is -2.08. The van der Waals surface area contributed by atoms with E-state index < -0.39 is 0 Å². The van der Waals surface area contributed by atoms with Crippen molar-refractivity contribution < 1.29 is 4.79 Å². The molecule has 1 heterocycles. The van der Waals surface area contributed by atoms with E-state index in [0.29, 0.717) is 5.69 Å². The fourth-order valence-electron chi connectivity index (χ4n) is 2.67. The largest absolute Gasteiger partial charge is 0.321 e. The highest BCUT2D eigenvalue weighted by Crippen LogP contribution is 2.31. The maximum atomic E-state index is 12.3. The zero-order valence-electron chi connectivity index (χ0n) is 14.8. The van der Waals surface area contributed by atoms with Gasteiger partial charge >= 0.3 is 0 Å². The molecule has 0 fully saturated rings. The summed E-state index contributed by atoms with van der Waals surface area (Å²) >= 11 is 1.73. The molecule has 128 valence electrons. The summed E-state index contributed by atoms with van der Waals surface area (Å²) in [6.45, 7) is 6.10. The van der Waals surface area contributed by atoms with Gasteiger partial charge < -0.3 is 5.32 Å². The van der Waals surface area contributed by atoms with E-state index in [1.165, 1.54) is 16.0 Å². The van der Waals surface area contributed by atoms with Crippen LogP contribution in [0.2, 0.25) is 0 Å². The number of nitrogens with zero attached hydrogens (tertiary/aromatic N) is 2. The number of rotatable bonds is 4. The number of hydrogen-bond acceptors (Lipinski definition) is 3. The third kappa shape index (κ3) is 4.12. The fraction of sp³-hybridized carbons (Fsp3) is 0.200. The van der Waals surface area contributed by atoms with Crippen LogP contribution in [-0.4, -0.2) is 15.7 Å². The van der Waals surface area contributed by atoms with Crippen molar-refractivity contribution in [3.05, 3.63) is 71.0 Å². The van der Waals surface area contributed by atoms with Gasteiger partial charge in [-0.2, -0.15) is 5.10 Å². The van der Waals surface area contributed by atoms with E-state index >= 15 is 0 Å². The second-order valence-corrected chi connectivity index (χ2v) is 7.26. The standard InChI is InChI=1S/C20H21N3OS/c1-13-5-10-19(14(2)11-13)25-17-8-6-16(7-9-17)21-20(24)18-12-15(3)22-23(18)4/h5-12H,1-4H3,(H,21,24). The lowest BCUT2D eigenvalue weighted by molar-refractivity contribution is 0.101. The van der Waals surface area contributed by atoms with Crippen LogP contribution in [0.15, 0.2) is 58.3 Å². The van der Waals surface area contributed by atoms with Crippen LogP contribution in [0.1, 0.15) is 27.3 Å². The van der Waals surface area contributed by atoms with Crippen molar-refractivity contribution in [1.82, 2.24) is 9.78 Å². The summed E-state index contributed by atoms with van der Waals surface area (Å²) in [5.41, 5.74) is 4.69. The normalized spacial score (nSPS) is 10.7.